The lowest BCUT2D eigenvalue weighted by atomic mass is 9.95. The molecule has 4 rings (SSSR count). The molecular weight excluding hydrogens is 442 g/mol. The van der Waals surface area contributed by atoms with Gasteiger partial charge in [0.2, 0.25) is 0 Å². The van der Waals surface area contributed by atoms with E-state index in [-0.39, 0.29) is 11.9 Å². The molecule has 0 saturated carbocycles. The molecule has 2 aromatic carbocycles. The average Bonchev–Trinajstić information content (AvgIpc) is 3.43. The van der Waals surface area contributed by atoms with Crippen LogP contribution in [-0.4, -0.2) is 48.4 Å². The van der Waals surface area contributed by atoms with Gasteiger partial charge in [-0.1, -0.05) is 39.2 Å². The fraction of sp³-hybridized carbons (Fsp3) is 0.429. The van der Waals surface area contributed by atoms with Crippen LogP contribution in [0.4, 0.5) is 0 Å². The van der Waals surface area contributed by atoms with E-state index < -0.39 is 0 Å². The second kappa shape index (κ2) is 11.3. The molecular formula is C28H35N3O4. The van der Waals surface area contributed by atoms with Crippen LogP contribution in [0.2, 0.25) is 0 Å². The quantitative estimate of drug-likeness (QED) is 0.323. The molecule has 186 valence electrons. The Balaban J connectivity index is 1.76. The third kappa shape index (κ3) is 4.99. The molecule has 1 amide bonds. The van der Waals surface area contributed by atoms with Gasteiger partial charge in [0.15, 0.2) is 11.5 Å². The first-order valence-electron chi connectivity index (χ1n) is 12.5. The van der Waals surface area contributed by atoms with E-state index >= 15 is 0 Å². The second-order valence-corrected chi connectivity index (χ2v) is 8.81. The van der Waals surface area contributed by atoms with Crippen molar-refractivity contribution in [2.24, 2.45) is 0 Å². The van der Waals surface area contributed by atoms with Crippen LogP contribution in [0.25, 0.3) is 11.3 Å². The molecule has 7 heteroatoms. The van der Waals surface area contributed by atoms with Crippen molar-refractivity contribution in [3.8, 4) is 28.5 Å². The Morgan fingerprint density at radius 2 is 1.71 bits per heavy atom. The first-order chi connectivity index (χ1) is 17.1. The van der Waals surface area contributed by atoms with Crippen molar-refractivity contribution >= 4 is 5.91 Å². The van der Waals surface area contributed by atoms with Crippen molar-refractivity contribution in [3.05, 3.63) is 59.3 Å². The van der Waals surface area contributed by atoms with Crippen LogP contribution in [0.3, 0.4) is 0 Å². The predicted octanol–water partition coefficient (Wildman–Crippen LogP) is 6.01. The molecule has 1 atom stereocenters. The summed E-state index contributed by atoms with van der Waals surface area (Å²) in [5.74, 6) is 2.14. The van der Waals surface area contributed by atoms with Crippen LogP contribution in [0.5, 0.6) is 17.2 Å². The first-order valence-corrected chi connectivity index (χ1v) is 12.5. The van der Waals surface area contributed by atoms with Crippen LogP contribution in [0.1, 0.15) is 73.6 Å². The summed E-state index contributed by atoms with van der Waals surface area (Å²) in [6.45, 7) is 5.63. The number of hydrogen-bond acceptors (Lipinski definition) is 5. The molecule has 2 heterocycles. The smallest absolute Gasteiger partial charge is 0.273 e. The van der Waals surface area contributed by atoms with Gasteiger partial charge in [-0.2, -0.15) is 5.10 Å². The third-order valence-corrected chi connectivity index (χ3v) is 6.49. The SMILES string of the molecule is CCCCCN1C(=O)c2[nH]nc(-c3ccc(OC)cc3)c2C1c1ccc(OCCCC)c(OC)c1. The fourth-order valence-corrected chi connectivity index (χ4v) is 4.57. The van der Waals surface area contributed by atoms with E-state index in [2.05, 4.69) is 24.0 Å². The average molecular weight is 478 g/mol. The number of amides is 1. The maximum atomic E-state index is 13.5. The zero-order valence-electron chi connectivity index (χ0n) is 21.1. The number of rotatable bonds is 12. The number of benzene rings is 2. The topological polar surface area (TPSA) is 76.7 Å². The summed E-state index contributed by atoms with van der Waals surface area (Å²) < 4.78 is 16.9. The largest absolute Gasteiger partial charge is 0.497 e. The van der Waals surface area contributed by atoms with E-state index in [0.29, 0.717) is 30.3 Å². The summed E-state index contributed by atoms with van der Waals surface area (Å²) in [5, 5.41) is 7.59. The van der Waals surface area contributed by atoms with E-state index in [1.807, 2.05) is 47.4 Å². The molecule has 1 N–H and O–H groups in total. The minimum atomic E-state index is -0.260. The number of H-pyrrole nitrogens is 1. The van der Waals surface area contributed by atoms with Crippen molar-refractivity contribution in [2.75, 3.05) is 27.4 Å². The molecule has 0 aliphatic carbocycles. The number of ether oxygens (including phenoxy) is 3. The van der Waals surface area contributed by atoms with Gasteiger partial charge in [-0.05, 0) is 54.8 Å². The van der Waals surface area contributed by atoms with Gasteiger partial charge in [0.1, 0.15) is 11.4 Å². The van der Waals surface area contributed by atoms with Crippen molar-refractivity contribution in [3.63, 3.8) is 0 Å². The minimum absolute atomic E-state index is 0.0180. The van der Waals surface area contributed by atoms with E-state index in [1.54, 1.807) is 14.2 Å². The monoisotopic (exact) mass is 477 g/mol. The summed E-state index contributed by atoms with van der Waals surface area (Å²) in [6, 6.07) is 13.5. The molecule has 1 aromatic heterocycles. The van der Waals surface area contributed by atoms with E-state index in [4.69, 9.17) is 14.2 Å². The standard InChI is InChI=1S/C28H35N3O4/c1-5-7-9-16-31-27(20-12-15-22(23(18-20)34-4)35-17-8-6-2)24-25(29-30-26(24)28(31)32)19-10-13-21(33-3)14-11-19/h10-15,18,27H,5-9,16-17H2,1-4H3,(H,29,30). The molecule has 1 unspecified atom stereocenters. The summed E-state index contributed by atoms with van der Waals surface area (Å²) in [5.41, 5.74) is 4.15. The van der Waals surface area contributed by atoms with Crippen molar-refractivity contribution < 1.29 is 19.0 Å². The number of aromatic amines is 1. The van der Waals surface area contributed by atoms with Crippen molar-refractivity contribution in [2.45, 2.75) is 52.0 Å². The number of nitrogens with one attached hydrogen (secondary N) is 1. The molecule has 1 aliphatic rings. The van der Waals surface area contributed by atoms with Gasteiger partial charge in [-0.3, -0.25) is 9.89 Å². The van der Waals surface area contributed by atoms with Crippen LogP contribution < -0.4 is 14.2 Å². The maximum absolute atomic E-state index is 13.5. The maximum Gasteiger partial charge on any atom is 0.273 e. The van der Waals surface area contributed by atoms with Gasteiger partial charge in [-0.25, -0.2) is 0 Å². The summed E-state index contributed by atoms with van der Waals surface area (Å²) in [6.07, 6.45) is 5.16. The Bertz CT molecular complexity index is 1140. The molecule has 0 spiro atoms. The normalized spacial score (nSPS) is 14.8. The van der Waals surface area contributed by atoms with Crippen molar-refractivity contribution in [1.82, 2.24) is 15.1 Å². The lowest BCUT2D eigenvalue weighted by Gasteiger charge is -2.27. The molecule has 0 saturated heterocycles. The highest BCUT2D eigenvalue weighted by Gasteiger charge is 2.42. The van der Waals surface area contributed by atoms with E-state index in [0.717, 1.165) is 60.2 Å². The third-order valence-electron chi connectivity index (χ3n) is 6.49. The number of unbranched alkanes of at least 4 members (excludes halogenated alkanes) is 3. The first kappa shape index (κ1) is 24.6. The molecule has 3 aromatic rings. The number of carbonyl (C=O) groups is 1. The van der Waals surface area contributed by atoms with Gasteiger partial charge >= 0.3 is 0 Å². The summed E-state index contributed by atoms with van der Waals surface area (Å²) in [4.78, 5) is 15.5. The molecule has 0 fully saturated rings. The Labute approximate surface area is 207 Å². The van der Waals surface area contributed by atoms with Gasteiger partial charge in [0.05, 0.1) is 32.6 Å². The number of fused-ring (bicyclic) bond motifs is 1. The van der Waals surface area contributed by atoms with Gasteiger partial charge < -0.3 is 19.1 Å². The van der Waals surface area contributed by atoms with Gasteiger partial charge in [0.25, 0.3) is 5.91 Å². The zero-order chi connectivity index (χ0) is 24.8. The number of aromatic nitrogens is 2. The van der Waals surface area contributed by atoms with Crippen LogP contribution >= 0.6 is 0 Å². The number of methoxy groups -OCH3 is 2. The zero-order valence-corrected chi connectivity index (χ0v) is 21.1. The molecule has 1 aliphatic heterocycles. The highest BCUT2D eigenvalue weighted by Crippen LogP contribution is 2.44. The Morgan fingerprint density at radius 3 is 2.40 bits per heavy atom. The van der Waals surface area contributed by atoms with Gasteiger partial charge in [-0.15, -0.1) is 0 Å². The van der Waals surface area contributed by atoms with Gasteiger partial charge in [0, 0.05) is 17.7 Å². The molecule has 0 bridgehead atoms. The Kier molecular flexibility index (Phi) is 7.95. The summed E-state index contributed by atoms with van der Waals surface area (Å²) in [7, 11) is 3.30. The minimum Gasteiger partial charge on any atom is -0.497 e. The molecule has 35 heavy (non-hydrogen) atoms. The van der Waals surface area contributed by atoms with Crippen LogP contribution in [0.15, 0.2) is 42.5 Å². The number of hydrogen-bond donors (Lipinski definition) is 1. The lowest BCUT2D eigenvalue weighted by Crippen LogP contribution is -2.30. The fourth-order valence-electron chi connectivity index (χ4n) is 4.57. The Morgan fingerprint density at radius 1 is 0.943 bits per heavy atom. The van der Waals surface area contributed by atoms with E-state index in [9.17, 15) is 4.79 Å². The van der Waals surface area contributed by atoms with Crippen molar-refractivity contribution in [1.29, 1.82) is 0 Å². The predicted molar refractivity (Wildman–Crippen MR) is 136 cm³/mol. The number of carbonyl (C=O) groups excluding carboxylic acids is 1. The van der Waals surface area contributed by atoms with E-state index in [1.165, 1.54) is 0 Å². The van der Waals surface area contributed by atoms with Crippen LogP contribution in [0, 0.1) is 0 Å². The molecule has 7 nitrogen and oxygen atoms in total. The highest BCUT2D eigenvalue weighted by atomic mass is 16.5. The summed E-state index contributed by atoms with van der Waals surface area (Å²) >= 11 is 0. The second-order valence-electron chi connectivity index (χ2n) is 8.81. The lowest BCUT2D eigenvalue weighted by molar-refractivity contribution is 0.0740. The number of nitrogens with zero attached hydrogens (tertiary/aromatic N) is 2. The molecule has 0 radical (unpaired) electrons. The Hall–Kier alpha value is -3.48. The highest BCUT2D eigenvalue weighted by molar-refractivity contribution is 6.00. The van der Waals surface area contributed by atoms with Crippen LogP contribution in [-0.2, 0) is 0 Å².